The zero-order valence-corrected chi connectivity index (χ0v) is 11.0. The summed E-state index contributed by atoms with van der Waals surface area (Å²) in [5.74, 6) is -0.0575. The summed E-state index contributed by atoms with van der Waals surface area (Å²) in [6.07, 6.45) is 3.35. The first-order valence-electron chi connectivity index (χ1n) is 5.71. The zero-order chi connectivity index (χ0) is 13.8. The van der Waals surface area contributed by atoms with E-state index in [1.165, 1.54) is 14.2 Å². The van der Waals surface area contributed by atoms with Gasteiger partial charge in [-0.05, 0) is 25.1 Å². The van der Waals surface area contributed by atoms with Gasteiger partial charge in [0.2, 0.25) is 0 Å². The molecule has 0 amide bonds. The van der Waals surface area contributed by atoms with Crippen LogP contribution in [0.15, 0.2) is 30.6 Å². The Morgan fingerprint density at radius 1 is 1.32 bits per heavy atom. The molecule has 0 saturated carbocycles. The standard InChI is InChI=1S/C14H14N2O3/c1-9-7-11(14(17)19-3)13(18-2)12(16-9)10-5-4-6-15-8-10/h4-8H,1-3H3. The van der Waals surface area contributed by atoms with Crippen LogP contribution in [-0.2, 0) is 4.74 Å². The minimum absolute atomic E-state index is 0.358. The molecule has 0 aromatic carbocycles. The summed E-state index contributed by atoms with van der Waals surface area (Å²) in [7, 11) is 2.83. The third kappa shape index (κ3) is 2.54. The van der Waals surface area contributed by atoms with Crippen LogP contribution >= 0.6 is 0 Å². The van der Waals surface area contributed by atoms with E-state index in [2.05, 4.69) is 9.97 Å². The van der Waals surface area contributed by atoms with Crippen molar-refractivity contribution >= 4 is 5.97 Å². The van der Waals surface area contributed by atoms with Gasteiger partial charge < -0.3 is 9.47 Å². The molecule has 98 valence electrons. The number of ether oxygens (including phenoxy) is 2. The van der Waals surface area contributed by atoms with E-state index < -0.39 is 5.97 Å². The SMILES string of the molecule is COC(=O)c1cc(C)nc(-c2cccnc2)c1OC. The molecule has 0 fully saturated rings. The van der Waals surface area contributed by atoms with Gasteiger partial charge in [-0.25, -0.2) is 9.78 Å². The third-order valence-corrected chi connectivity index (χ3v) is 2.65. The fourth-order valence-electron chi connectivity index (χ4n) is 1.83. The first-order valence-corrected chi connectivity index (χ1v) is 5.71. The summed E-state index contributed by atoms with van der Waals surface area (Å²) < 4.78 is 10.1. The molecule has 19 heavy (non-hydrogen) atoms. The molecule has 0 aliphatic rings. The average molecular weight is 258 g/mol. The predicted molar refractivity (Wildman–Crippen MR) is 70.1 cm³/mol. The van der Waals surface area contributed by atoms with Gasteiger partial charge in [0.05, 0.1) is 14.2 Å². The summed E-state index contributed by atoms with van der Waals surface area (Å²) >= 11 is 0. The molecule has 5 nitrogen and oxygen atoms in total. The van der Waals surface area contributed by atoms with Crippen molar-refractivity contribution in [3.05, 3.63) is 41.9 Å². The Hall–Kier alpha value is -2.43. The van der Waals surface area contributed by atoms with Crippen LogP contribution in [0.5, 0.6) is 5.75 Å². The molecule has 0 bridgehead atoms. The lowest BCUT2D eigenvalue weighted by Crippen LogP contribution is -2.07. The number of pyridine rings is 2. The summed E-state index contributed by atoms with van der Waals surface area (Å²) in [4.78, 5) is 20.3. The Morgan fingerprint density at radius 2 is 2.11 bits per heavy atom. The zero-order valence-electron chi connectivity index (χ0n) is 11.0. The third-order valence-electron chi connectivity index (χ3n) is 2.65. The molecule has 0 atom stereocenters. The molecule has 0 N–H and O–H groups in total. The van der Waals surface area contributed by atoms with Gasteiger partial charge in [-0.15, -0.1) is 0 Å². The molecule has 0 spiro atoms. The van der Waals surface area contributed by atoms with Gasteiger partial charge in [0.25, 0.3) is 0 Å². The lowest BCUT2D eigenvalue weighted by Gasteiger charge is -2.12. The second kappa shape index (κ2) is 5.48. The van der Waals surface area contributed by atoms with Gasteiger partial charge in [-0.3, -0.25) is 4.98 Å². The van der Waals surface area contributed by atoms with Crippen LogP contribution in [0.25, 0.3) is 11.3 Å². The van der Waals surface area contributed by atoms with E-state index in [4.69, 9.17) is 9.47 Å². The maximum atomic E-state index is 11.8. The number of esters is 1. The van der Waals surface area contributed by atoms with E-state index in [0.717, 1.165) is 5.56 Å². The summed E-state index contributed by atoms with van der Waals surface area (Å²) in [6, 6.07) is 5.31. The van der Waals surface area contributed by atoms with Crippen LogP contribution in [0.4, 0.5) is 0 Å². The Balaban J connectivity index is 2.67. The molecule has 0 saturated heterocycles. The van der Waals surface area contributed by atoms with E-state index in [1.807, 2.05) is 13.0 Å². The fraction of sp³-hybridized carbons (Fsp3) is 0.214. The van der Waals surface area contributed by atoms with Crippen LogP contribution < -0.4 is 4.74 Å². The smallest absolute Gasteiger partial charge is 0.341 e. The van der Waals surface area contributed by atoms with E-state index >= 15 is 0 Å². The normalized spacial score (nSPS) is 10.1. The summed E-state index contributed by atoms with van der Waals surface area (Å²) in [5.41, 5.74) is 2.43. The number of aromatic nitrogens is 2. The number of hydrogen-bond acceptors (Lipinski definition) is 5. The second-order valence-electron chi connectivity index (χ2n) is 3.93. The van der Waals surface area contributed by atoms with Gasteiger partial charge in [0.1, 0.15) is 11.3 Å². The predicted octanol–water partition coefficient (Wildman–Crippen LogP) is 2.25. The molecule has 5 heteroatoms. The van der Waals surface area contributed by atoms with Crippen molar-refractivity contribution in [3.63, 3.8) is 0 Å². The second-order valence-corrected chi connectivity index (χ2v) is 3.93. The topological polar surface area (TPSA) is 61.3 Å². The van der Waals surface area contributed by atoms with Crippen LogP contribution in [0.3, 0.4) is 0 Å². The Kier molecular flexibility index (Phi) is 3.75. The van der Waals surface area contributed by atoms with Gasteiger partial charge in [0, 0.05) is 23.7 Å². The molecular formula is C14H14N2O3. The molecular weight excluding hydrogens is 244 g/mol. The molecule has 0 radical (unpaired) electrons. The highest BCUT2D eigenvalue weighted by atomic mass is 16.5. The lowest BCUT2D eigenvalue weighted by atomic mass is 10.1. The lowest BCUT2D eigenvalue weighted by molar-refractivity contribution is 0.0597. The number of hydrogen-bond donors (Lipinski definition) is 0. The van der Waals surface area contributed by atoms with E-state index in [0.29, 0.717) is 22.7 Å². The first kappa shape index (κ1) is 13.0. The van der Waals surface area contributed by atoms with Crippen molar-refractivity contribution in [2.24, 2.45) is 0 Å². The van der Waals surface area contributed by atoms with Crippen LogP contribution in [0, 0.1) is 6.92 Å². The number of carbonyl (C=O) groups is 1. The molecule has 0 aliphatic carbocycles. The van der Waals surface area contributed by atoms with Crippen molar-refractivity contribution in [1.29, 1.82) is 0 Å². The first-order chi connectivity index (χ1) is 9.17. The van der Waals surface area contributed by atoms with Crippen LogP contribution in [0.2, 0.25) is 0 Å². The van der Waals surface area contributed by atoms with E-state index in [-0.39, 0.29) is 0 Å². The molecule has 2 aromatic heterocycles. The van der Waals surface area contributed by atoms with E-state index in [1.54, 1.807) is 24.5 Å². The Bertz CT molecular complexity index is 597. The Labute approximate surface area is 111 Å². The molecule has 2 heterocycles. The van der Waals surface area contributed by atoms with Gasteiger partial charge in [-0.1, -0.05) is 0 Å². The van der Waals surface area contributed by atoms with Crippen LogP contribution in [-0.4, -0.2) is 30.2 Å². The number of aryl methyl sites for hydroxylation is 1. The van der Waals surface area contributed by atoms with Crippen molar-refractivity contribution in [2.75, 3.05) is 14.2 Å². The highest BCUT2D eigenvalue weighted by molar-refractivity contribution is 5.95. The maximum Gasteiger partial charge on any atom is 0.341 e. The highest BCUT2D eigenvalue weighted by Crippen LogP contribution is 2.31. The minimum Gasteiger partial charge on any atom is -0.494 e. The number of methoxy groups -OCH3 is 2. The number of rotatable bonds is 3. The number of nitrogens with zero attached hydrogens (tertiary/aromatic N) is 2. The maximum absolute atomic E-state index is 11.8. The average Bonchev–Trinajstić information content (AvgIpc) is 2.46. The quantitative estimate of drug-likeness (QED) is 0.790. The molecule has 2 aromatic rings. The monoisotopic (exact) mass is 258 g/mol. The van der Waals surface area contributed by atoms with Gasteiger partial charge in [0.15, 0.2) is 5.75 Å². The van der Waals surface area contributed by atoms with Crippen molar-refractivity contribution in [3.8, 4) is 17.0 Å². The van der Waals surface area contributed by atoms with Crippen molar-refractivity contribution in [2.45, 2.75) is 6.92 Å². The molecule has 0 unspecified atom stereocenters. The summed E-state index contributed by atoms with van der Waals surface area (Å²) in [6.45, 7) is 1.81. The van der Waals surface area contributed by atoms with Gasteiger partial charge in [-0.2, -0.15) is 0 Å². The largest absolute Gasteiger partial charge is 0.494 e. The molecule has 2 rings (SSSR count). The fourth-order valence-corrected chi connectivity index (χ4v) is 1.83. The molecule has 0 aliphatic heterocycles. The summed E-state index contributed by atoms with van der Waals surface area (Å²) in [5, 5.41) is 0. The highest BCUT2D eigenvalue weighted by Gasteiger charge is 2.19. The van der Waals surface area contributed by atoms with Crippen molar-refractivity contribution < 1.29 is 14.3 Å². The van der Waals surface area contributed by atoms with Crippen LogP contribution in [0.1, 0.15) is 16.1 Å². The minimum atomic E-state index is -0.451. The van der Waals surface area contributed by atoms with Gasteiger partial charge >= 0.3 is 5.97 Å². The van der Waals surface area contributed by atoms with Crippen molar-refractivity contribution in [1.82, 2.24) is 9.97 Å². The Morgan fingerprint density at radius 3 is 2.68 bits per heavy atom. The van der Waals surface area contributed by atoms with E-state index in [9.17, 15) is 4.79 Å². The number of carbonyl (C=O) groups excluding carboxylic acids is 1.